The predicted octanol–water partition coefficient (Wildman–Crippen LogP) is 7.11. The van der Waals surface area contributed by atoms with Crippen LogP contribution in [0.5, 0.6) is 5.75 Å². The Hall–Kier alpha value is -2.96. The molecule has 0 atom stereocenters. The van der Waals surface area contributed by atoms with E-state index in [0.717, 1.165) is 8.47 Å². The van der Waals surface area contributed by atoms with Crippen molar-refractivity contribution in [2.45, 2.75) is 59.3 Å². The Morgan fingerprint density at radius 3 is 2.02 bits per heavy atom. The second kappa shape index (κ2) is 14.6. The molecule has 0 unspecified atom stereocenters. The van der Waals surface area contributed by atoms with Crippen molar-refractivity contribution in [3.8, 4) is 5.75 Å². The molecule has 0 aromatic heterocycles. The molecular weight excluding hydrogens is 818 g/mol. The molecule has 0 N–H and O–H groups in total. The van der Waals surface area contributed by atoms with Crippen LogP contribution < -0.4 is 4.74 Å². The summed E-state index contributed by atoms with van der Waals surface area (Å²) >= 11 is -0.531. The zero-order valence-corrected chi connectivity index (χ0v) is 31.1. The third-order valence-corrected chi connectivity index (χ3v) is 15.6. The van der Waals surface area contributed by atoms with Crippen LogP contribution in [0.3, 0.4) is 0 Å². The fourth-order valence-corrected chi connectivity index (χ4v) is 11.4. The topological polar surface area (TPSA) is 104 Å². The van der Waals surface area contributed by atoms with Gasteiger partial charge in [0.15, 0.2) is 0 Å². The zero-order chi connectivity index (χ0) is 33.9. The van der Waals surface area contributed by atoms with Crippen LogP contribution in [0, 0.1) is 18.8 Å². The SMILES string of the molecule is COc1ccc(I(I)c2c(F)ccc(CN(C(=O)OC(C)(C)C)C(=NC(=O)OC(C)(C)C)N3CN(C)C(=O)N(C)C3)c2F)cc1. The molecule has 2 aromatic rings. The van der Waals surface area contributed by atoms with Crippen molar-refractivity contribution in [1.82, 2.24) is 19.6 Å². The first-order valence-electron chi connectivity index (χ1n) is 13.8. The molecule has 15 heteroatoms. The van der Waals surface area contributed by atoms with Gasteiger partial charge < -0.3 is 0 Å². The molecule has 3 rings (SSSR count). The number of rotatable bonds is 5. The monoisotopic (exact) mass is 857 g/mol. The van der Waals surface area contributed by atoms with Crippen LogP contribution in [-0.2, 0) is 16.0 Å². The molecule has 1 saturated heterocycles. The summed E-state index contributed by atoms with van der Waals surface area (Å²) in [7, 11) is 4.63. The number of halogens is 4. The van der Waals surface area contributed by atoms with Crippen LogP contribution >= 0.6 is 34.5 Å². The van der Waals surface area contributed by atoms with E-state index in [1.54, 1.807) is 79.9 Å². The van der Waals surface area contributed by atoms with Crippen LogP contribution in [0.4, 0.5) is 23.2 Å². The predicted molar refractivity (Wildman–Crippen MR) is 183 cm³/mol. The summed E-state index contributed by atoms with van der Waals surface area (Å²) in [5.41, 5.74) is -1.90. The second-order valence-corrected chi connectivity index (χ2v) is 21.3. The van der Waals surface area contributed by atoms with E-state index >= 15 is 8.78 Å². The molecule has 0 aliphatic carbocycles. The second-order valence-electron chi connectivity index (χ2n) is 12.2. The molecule has 1 aliphatic rings. The summed E-state index contributed by atoms with van der Waals surface area (Å²) in [6, 6.07) is 9.16. The molecule has 2 aromatic carbocycles. The van der Waals surface area contributed by atoms with Gasteiger partial charge in [-0.3, -0.25) is 0 Å². The van der Waals surface area contributed by atoms with Crippen molar-refractivity contribution < 1.29 is 37.4 Å². The van der Waals surface area contributed by atoms with Crippen LogP contribution in [-0.4, -0.2) is 89.5 Å². The van der Waals surface area contributed by atoms with E-state index in [-0.39, 0.29) is 34.5 Å². The standard InChI is InChI=1S/C30H39F2I2N5O6/c1-29(2,3)44-26(40)35-25(38-17-36(7)27(41)37(8)18-38)39(28(42)45-30(4,5)6)16-19-10-15-22(31)24(23(19)32)34(33)20-11-13-21(43-9)14-12-20/h10-15H,16-18H2,1-9H3. The molecule has 4 amide bonds. The Kier molecular flexibility index (Phi) is 11.9. The van der Waals surface area contributed by atoms with E-state index < -0.39 is 57.4 Å². The molecule has 1 fully saturated rings. The minimum absolute atomic E-state index is 0.0172. The van der Waals surface area contributed by atoms with E-state index in [1.807, 2.05) is 0 Å². The maximum atomic E-state index is 16.3. The maximum absolute atomic E-state index is 16.3. The van der Waals surface area contributed by atoms with Gasteiger partial charge >= 0.3 is 281 Å². The number of hydrogen-bond donors (Lipinski definition) is 0. The Morgan fingerprint density at radius 2 is 1.51 bits per heavy atom. The van der Waals surface area contributed by atoms with Gasteiger partial charge in [0.05, 0.1) is 0 Å². The van der Waals surface area contributed by atoms with Crippen molar-refractivity contribution in [2.75, 3.05) is 34.5 Å². The molecule has 0 radical (unpaired) electrons. The van der Waals surface area contributed by atoms with Crippen molar-refractivity contribution in [2.24, 2.45) is 4.99 Å². The number of carbonyl (C=O) groups excluding carboxylic acids is 3. The molecule has 0 saturated carbocycles. The average Bonchev–Trinajstić information content (AvgIpc) is 2.92. The van der Waals surface area contributed by atoms with Crippen molar-refractivity contribution in [3.63, 3.8) is 0 Å². The third kappa shape index (κ3) is 9.76. The number of carbonyl (C=O) groups is 3. The van der Waals surface area contributed by atoms with Crippen molar-refractivity contribution in [1.29, 1.82) is 0 Å². The normalized spacial score (nSPS) is 14.8. The van der Waals surface area contributed by atoms with E-state index in [0.29, 0.717) is 5.75 Å². The van der Waals surface area contributed by atoms with Crippen molar-refractivity contribution in [3.05, 3.63) is 60.7 Å². The number of benzene rings is 2. The Balaban J connectivity index is 2.15. The van der Waals surface area contributed by atoms with Gasteiger partial charge in [-0.05, 0) is 0 Å². The van der Waals surface area contributed by atoms with Gasteiger partial charge in [0.2, 0.25) is 0 Å². The third-order valence-electron chi connectivity index (χ3n) is 5.99. The summed E-state index contributed by atoms with van der Waals surface area (Å²) in [6.07, 6.45) is -1.94. The number of hydrogen-bond acceptors (Lipinski definition) is 6. The fraction of sp³-hybridized carbons (Fsp3) is 0.467. The van der Waals surface area contributed by atoms with Crippen LogP contribution in [0.15, 0.2) is 41.4 Å². The van der Waals surface area contributed by atoms with E-state index in [1.165, 1.54) is 33.9 Å². The van der Waals surface area contributed by atoms with Gasteiger partial charge in [0.1, 0.15) is 0 Å². The number of nitrogens with zero attached hydrogens (tertiary/aromatic N) is 5. The van der Waals surface area contributed by atoms with Gasteiger partial charge in [-0.15, -0.1) is 0 Å². The van der Waals surface area contributed by atoms with Gasteiger partial charge in [0.25, 0.3) is 0 Å². The van der Waals surface area contributed by atoms with Crippen molar-refractivity contribution >= 4 is 58.6 Å². The first kappa shape index (κ1) is 36.5. The number of guanidine groups is 1. The van der Waals surface area contributed by atoms with E-state index in [4.69, 9.17) is 14.2 Å². The van der Waals surface area contributed by atoms with Gasteiger partial charge in [-0.25, -0.2) is 0 Å². The molecule has 0 spiro atoms. The average molecular weight is 857 g/mol. The summed E-state index contributed by atoms with van der Waals surface area (Å²) in [6.45, 7) is 9.40. The molecule has 248 valence electrons. The van der Waals surface area contributed by atoms with Crippen LogP contribution in [0.2, 0.25) is 0 Å². The van der Waals surface area contributed by atoms with E-state index in [9.17, 15) is 14.4 Å². The molecule has 11 nitrogen and oxygen atoms in total. The number of urea groups is 1. The molecule has 45 heavy (non-hydrogen) atoms. The summed E-state index contributed by atoms with van der Waals surface area (Å²) in [4.78, 5) is 48.7. The number of ether oxygens (including phenoxy) is 3. The van der Waals surface area contributed by atoms with Gasteiger partial charge in [0, 0.05) is 0 Å². The molecular formula is C30H39F2I2N5O6. The fourth-order valence-electron chi connectivity index (χ4n) is 4.10. The number of amides is 4. The number of aliphatic imine (C=N–C) groups is 1. The van der Waals surface area contributed by atoms with Gasteiger partial charge in [-0.2, -0.15) is 0 Å². The minimum atomic E-state index is -2.64. The van der Waals surface area contributed by atoms with E-state index in [2.05, 4.69) is 23.6 Å². The summed E-state index contributed by atoms with van der Waals surface area (Å²) < 4.78 is 48.6. The molecule has 1 aliphatic heterocycles. The molecule has 1 heterocycles. The number of methoxy groups -OCH3 is 1. The molecule has 0 bridgehead atoms. The summed E-state index contributed by atoms with van der Waals surface area (Å²) in [5.74, 6) is -1.11. The quantitative estimate of drug-likeness (QED) is 0.137. The van der Waals surface area contributed by atoms with Crippen LogP contribution in [0.25, 0.3) is 0 Å². The van der Waals surface area contributed by atoms with Crippen LogP contribution in [0.1, 0.15) is 47.1 Å². The first-order valence-corrected chi connectivity index (χ1v) is 22.3. The Labute approximate surface area is 279 Å². The Bertz CT molecular complexity index is 1430. The van der Waals surface area contributed by atoms with Gasteiger partial charge in [-0.1, -0.05) is 0 Å². The first-order chi connectivity index (χ1) is 20.8. The Morgan fingerprint density at radius 1 is 0.956 bits per heavy atom. The summed E-state index contributed by atoms with van der Waals surface area (Å²) in [5, 5.41) is 0. The zero-order valence-electron chi connectivity index (χ0n) is 26.8.